The van der Waals surface area contributed by atoms with E-state index in [1.807, 2.05) is 0 Å². The van der Waals surface area contributed by atoms with E-state index in [1.54, 1.807) is 13.0 Å². The number of H-pyrrole nitrogens is 1. The Morgan fingerprint density at radius 1 is 1.53 bits per heavy atom. The fraction of sp³-hybridized carbons (Fsp3) is 0.111. The van der Waals surface area contributed by atoms with Crippen LogP contribution in [0.3, 0.4) is 0 Å². The molecule has 1 heterocycles. The lowest BCUT2D eigenvalue weighted by Crippen LogP contribution is -1.95. The molecule has 0 saturated carbocycles. The number of nitro benzene ring substituents is 1. The van der Waals surface area contributed by atoms with E-state index in [1.165, 1.54) is 23.9 Å². The molecule has 2 aromatic rings. The molecule has 0 fully saturated rings. The van der Waals surface area contributed by atoms with E-state index in [0.717, 1.165) is 4.90 Å². The highest BCUT2D eigenvalue weighted by atomic mass is 32.2. The van der Waals surface area contributed by atoms with Gasteiger partial charge in [0.15, 0.2) is 0 Å². The number of rotatable bonds is 3. The zero-order chi connectivity index (χ0) is 12.4. The van der Waals surface area contributed by atoms with Gasteiger partial charge in [-0.05, 0) is 30.8 Å². The third-order valence-electron chi connectivity index (χ3n) is 1.98. The minimum atomic E-state index is -0.513. The molecule has 0 spiro atoms. The van der Waals surface area contributed by atoms with E-state index in [2.05, 4.69) is 15.2 Å². The number of aromatic amines is 1. The second-order valence-electron chi connectivity index (χ2n) is 3.28. The van der Waals surface area contributed by atoms with Crippen LogP contribution >= 0.6 is 11.8 Å². The van der Waals surface area contributed by atoms with Crippen molar-refractivity contribution in [2.24, 2.45) is 0 Å². The standard InChI is InChI=1S/C9H9N5O2S/c1-5-11-9(13-12-5)17-6-2-3-8(14(15)16)7(10)4-6/h2-4H,10H2,1H3,(H,11,12,13). The van der Waals surface area contributed by atoms with Crippen LogP contribution in [0.15, 0.2) is 28.3 Å². The molecule has 8 heteroatoms. The van der Waals surface area contributed by atoms with Crippen LogP contribution in [0.2, 0.25) is 0 Å². The Labute approximate surface area is 101 Å². The smallest absolute Gasteiger partial charge is 0.292 e. The summed E-state index contributed by atoms with van der Waals surface area (Å²) in [5, 5.41) is 17.8. The van der Waals surface area contributed by atoms with Crippen LogP contribution < -0.4 is 5.73 Å². The molecule has 3 N–H and O–H groups in total. The predicted molar refractivity (Wildman–Crippen MR) is 62.8 cm³/mol. The van der Waals surface area contributed by atoms with Crippen molar-refractivity contribution in [3.8, 4) is 0 Å². The maximum absolute atomic E-state index is 10.6. The van der Waals surface area contributed by atoms with Crippen molar-refractivity contribution in [3.63, 3.8) is 0 Å². The minimum Gasteiger partial charge on any atom is -0.393 e. The van der Waals surface area contributed by atoms with Crippen LogP contribution in [-0.4, -0.2) is 20.1 Å². The van der Waals surface area contributed by atoms with Gasteiger partial charge in [0.25, 0.3) is 5.69 Å². The molecule has 0 saturated heterocycles. The second kappa shape index (κ2) is 4.42. The van der Waals surface area contributed by atoms with Crippen LogP contribution in [0.1, 0.15) is 5.82 Å². The lowest BCUT2D eigenvalue weighted by molar-refractivity contribution is -0.383. The highest BCUT2D eigenvalue weighted by Crippen LogP contribution is 2.30. The lowest BCUT2D eigenvalue weighted by atomic mass is 10.3. The van der Waals surface area contributed by atoms with E-state index >= 15 is 0 Å². The van der Waals surface area contributed by atoms with Gasteiger partial charge in [-0.3, -0.25) is 15.2 Å². The summed E-state index contributed by atoms with van der Waals surface area (Å²) in [5.41, 5.74) is 5.61. The number of nitrogen functional groups attached to an aromatic ring is 1. The number of nitrogens with one attached hydrogen (secondary N) is 1. The number of aryl methyl sites for hydroxylation is 1. The van der Waals surface area contributed by atoms with Crippen LogP contribution in [-0.2, 0) is 0 Å². The number of hydrogen-bond acceptors (Lipinski definition) is 6. The number of anilines is 1. The number of nitrogens with two attached hydrogens (primary N) is 1. The van der Waals surface area contributed by atoms with Crippen molar-refractivity contribution in [1.29, 1.82) is 0 Å². The van der Waals surface area contributed by atoms with Crippen molar-refractivity contribution >= 4 is 23.1 Å². The Hall–Kier alpha value is -2.09. The highest BCUT2D eigenvalue weighted by Gasteiger charge is 2.12. The topological polar surface area (TPSA) is 111 Å². The molecule has 17 heavy (non-hydrogen) atoms. The Kier molecular flexibility index (Phi) is 2.96. The van der Waals surface area contributed by atoms with E-state index in [4.69, 9.17) is 5.73 Å². The van der Waals surface area contributed by atoms with Gasteiger partial charge in [-0.2, -0.15) is 0 Å². The van der Waals surface area contributed by atoms with Gasteiger partial charge in [0.2, 0.25) is 5.16 Å². The van der Waals surface area contributed by atoms with Crippen LogP contribution in [0.25, 0.3) is 0 Å². The summed E-state index contributed by atoms with van der Waals surface area (Å²) < 4.78 is 0. The first-order chi connectivity index (χ1) is 8.06. The average molecular weight is 251 g/mol. The zero-order valence-electron chi connectivity index (χ0n) is 8.88. The van der Waals surface area contributed by atoms with Crippen molar-refractivity contribution in [2.75, 3.05) is 5.73 Å². The summed E-state index contributed by atoms with van der Waals surface area (Å²) in [6.07, 6.45) is 0. The Balaban J connectivity index is 2.23. The first-order valence-electron chi connectivity index (χ1n) is 4.67. The lowest BCUT2D eigenvalue weighted by Gasteiger charge is -2.00. The first-order valence-corrected chi connectivity index (χ1v) is 5.48. The summed E-state index contributed by atoms with van der Waals surface area (Å²) >= 11 is 1.29. The molecule has 0 aliphatic rings. The third kappa shape index (κ3) is 2.53. The fourth-order valence-electron chi connectivity index (χ4n) is 1.24. The molecule has 0 aliphatic heterocycles. The summed E-state index contributed by atoms with van der Waals surface area (Å²) in [4.78, 5) is 14.9. The highest BCUT2D eigenvalue weighted by molar-refractivity contribution is 7.99. The van der Waals surface area contributed by atoms with Gasteiger partial charge < -0.3 is 5.73 Å². The van der Waals surface area contributed by atoms with E-state index in [-0.39, 0.29) is 11.4 Å². The molecular formula is C9H9N5O2S. The molecule has 0 aliphatic carbocycles. The van der Waals surface area contributed by atoms with Gasteiger partial charge in [0.05, 0.1) is 4.92 Å². The first kappa shape index (κ1) is 11.4. The summed E-state index contributed by atoms with van der Waals surface area (Å²) in [7, 11) is 0. The number of nitrogens with zero attached hydrogens (tertiary/aromatic N) is 3. The van der Waals surface area contributed by atoms with Crippen LogP contribution in [0.4, 0.5) is 11.4 Å². The third-order valence-corrected chi connectivity index (χ3v) is 2.84. The SMILES string of the molecule is Cc1nc(Sc2ccc([N+](=O)[O-])c(N)c2)n[nH]1. The maximum Gasteiger partial charge on any atom is 0.292 e. The van der Waals surface area contributed by atoms with Crippen molar-refractivity contribution < 1.29 is 4.92 Å². The number of benzene rings is 1. The van der Waals surface area contributed by atoms with Gasteiger partial charge in [0.1, 0.15) is 11.5 Å². The Bertz CT molecular complexity index is 568. The van der Waals surface area contributed by atoms with Gasteiger partial charge in [-0.25, -0.2) is 4.98 Å². The van der Waals surface area contributed by atoms with E-state index < -0.39 is 4.92 Å². The van der Waals surface area contributed by atoms with Crippen molar-refractivity contribution in [2.45, 2.75) is 17.0 Å². The summed E-state index contributed by atoms with van der Waals surface area (Å²) in [6, 6.07) is 4.52. The van der Waals surface area contributed by atoms with Crippen molar-refractivity contribution in [3.05, 3.63) is 34.1 Å². The molecule has 88 valence electrons. The normalized spacial score (nSPS) is 10.4. The molecule has 1 aromatic carbocycles. The van der Waals surface area contributed by atoms with Crippen LogP contribution in [0, 0.1) is 17.0 Å². The fourth-order valence-corrected chi connectivity index (χ4v) is 2.04. The van der Waals surface area contributed by atoms with Gasteiger partial charge >= 0.3 is 0 Å². The summed E-state index contributed by atoms with van der Waals surface area (Å²) in [6.45, 7) is 1.79. The van der Waals surface area contributed by atoms with Gasteiger partial charge in [-0.15, -0.1) is 5.10 Å². The molecule has 0 unspecified atom stereocenters. The van der Waals surface area contributed by atoms with E-state index in [9.17, 15) is 10.1 Å². The molecule has 2 rings (SSSR count). The van der Waals surface area contributed by atoms with Gasteiger partial charge in [0, 0.05) is 11.0 Å². The molecular weight excluding hydrogens is 242 g/mol. The average Bonchev–Trinajstić information content (AvgIpc) is 2.63. The molecule has 0 atom stereocenters. The maximum atomic E-state index is 10.6. The number of nitro groups is 1. The molecule has 0 amide bonds. The largest absolute Gasteiger partial charge is 0.393 e. The Morgan fingerprint density at radius 3 is 2.82 bits per heavy atom. The van der Waals surface area contributed by atoms with Gasteiger partial charge in [-0.1, -0.05) is 0 Å². The molecule has 0 bridgehead atoms. The Morgan fingerprint density at radius 2 is 2.29 bits per heavy atom. The number of hydrogen-bond donors (Lipinski definition) is 2. The molecule has 7 nitrogen and oxygen atoms in total. The quantitative estimate of drug-likeness (QED) is 0.488. The molecule has 1 aromatic heterocycles. The van der Waals surface area contributed by atoms with E-state index in [0.29, 0.717) is 11.0 Å². The zero-order valence-corrected chi connectivity index (χ0v) is 9.69. The van der Waals surface area contributed by atoms with Crippen molar-refractivity contribution in [1.82, 2.24) is 15.2 Å². The van der Waals surface area contributed by atoms with Crippen LogP contribution in [0.5, 0.6) is 0 Å². The minimum absolute atomic E-state index is 0.0967. The summed E-state index contributed by atoms with van der Waals surface area (Å²) in [5.74, 6) is 0.711. The second-order valence-corrected chi connectivity index (χ2v) is 4.32. The number of aromatic nitrogens is 3. The molecule has 0 radical (unpaired) electrons. The predicted octanol–water partition coefficient (Wildman–Crippen LogP) is 1.75. The monoisotopic (exact) mass is 251 g/mol.